The number of anilines is 3. The van der Waals surface area contributed by atoms with Crippen molar-refractivity contribution in [2.24, 2.45) is 5.92 Å². The van der Waals surface area contributed by atoms with E-state index in [1.165, 1.54) is 17.0 Å². The molecule has 0 aromatic heterocycles. The maximum Gasteiger partial charge on any atom is 0.322 e. The summed E-state index contributed by atoms with van der Waals surface area (Å²) in [4.78, 5) is 43.6. The Morgan fingerprint density at radius 1 is 1.11 bits per heavy atom. The van der Waals surface area contributed by atoms with E-state index in [2.05, 4.69) is 10.6 Å². The lowest BCUT2D eigenvalue weighted by atomic mass is 10.0. The van der Waals surface area contributed by atoms with Gasteiger partial charge in [0.05, 0.1) is 5.69 Å². The Morgan fingerprint density at radius 2 is 1.86 bits per heavy atom. The van der Waals surface area contributed by atoms with E-state index in [0.717, 1.165) is 12.8 Å². The molecule has 0 saturated carbocycles. The third-order valence-electron chi connectivity index (χ3n) is 6.52. The molecule has 0 spiro atoms. The first-order valence-electron chi connectivity index (χ1n) is 12.1. The van der Waals surface area contributed by atoms with Gasteiger partial charge in [-0.05, 0) is 81.7 Å². The van der Waals surface area contributed by atoms with Crippen LogP contribution in [0.2, 0.25) is 5.02 Å². The van der Waals surface area contributed by atoms with Crippen LogP contribution in [0, 0.1) is 11.7 Å². The van der Waals surface area contributed by atoms with Crippen LogP contribution in [0.1, 0.15) is 25.7 Å². The van der Waals surface area contributed by atoms with E-state index in [0.29, 0.717) is 48.9 Å². The molecular weight excluding hydrogens is 485 g/mol. The van der Waals surface area contributed by atoms with Crippen LogP contribution in [0.15, 0.2) is 42.5 Å². The normalized spacial score (nSPS) is 20.1. The summed E-state index contributed by atoms with van der Waals surface area (Å²) in [6.07, 6.45) is 2.61. The quantitative estimate of drug-likeness (QED) is 0.596. The topological polar surface area (TPSA) is 85.0 Å². The number of benzene rings is 2. The van der Waals surface area contributed by atoms with Crippen molar-refractivity contribution in [3.05, 3.63) is 53.3 Å². The van der Waals surface area contributed by atoms with Gasteiger partial charge in [0.2, 0.25) is 11.8 Å². The molecule has 0 radical (unpaired) electrons. The number of halogens is 2. The smallest absolute Gasteiger partial charge is 0.322 e. The molecule has 2 heterocycles. The first-order valence-corrected chi connectivity index (χ1v) is 12.5. The molecule has 8 nitrogen and oxygen atoms in total. The van der Waals surface area contributed by atoms with Crippen LogP contribution in [0.3, 0.4) is 0 Å². The van der Waals surface area contributed by atoms with Gasteiger partial charge in [0.25, 0.3) is 0 Å². The van der Waals surface area contributed by atoms with Gasteiger partial charge in [0.15, 0.2) is 0 Å². The number of carbonyl (C=O) groups excluding carboxylic acids is 3. The zero-order valence-electron chi connectivity index (χ0n) is 20.5. The third kappa shape index (κ3) is 6.14. The summed E-state index contributed by atoms with van der Waals surface area (Å²) in [5, 5.41) is 6.02. The van der Waals surface area contributed by atoms with Crippen molar-refractivity contribution in [1.82, 2.24) is 9.80 Å². The van der Waals surface area contributed by atoms with E-state index >= 15 is 0 Å². The number of carbonyl (C=O) groups is 3. The maximum atomic E-state index is 14.9. The zero-order chi connectivity index (χ0) is 25.8. The van der Waals surface area contributed by atoms with Gasteiger partial charge in [-0.25, -0.2) is 9.18 Å². The summed E-state index contributed by atoms with van der Waals surface area (Å²) < 4.78 is 14.9. The Bertz CT molecular complexity index is 1130. The van der Waals surface area contributed by atoms with Gasteiger partial charge in [0.1, 0.15) is 11.9 Å². The van der Waals surface area contributed by atoms with Crippen molar-refractivity contribution < 1.29 is 18.8 Å². The molecule has 2 atom stereocenters. The van der Waals surface area contributed by atoms with Gasteiger partial charge in [-0.3, -0.25) is 9.59 Å². The standard InChI is InChI=1S/C26H31ClFN5O3/c1-31(2)15-17-13-23(33(16-17)26(36)29-19-8-6-18(27)7-9-19)25(35)30-22-11-10-20(14-21(22)28)32-12-4-3-5-24(32)34/h6-11,14,17,23H,3-5,12-13,15-16H2,1-2H3,(H,29,36)(H,30,35). The van der Waals surface area contributed by atoms with E-state index in [1.807, 2.05) is 19.0 Å². The molecule has 4 rings (SSSR count). The molecule has 4 amide bonds. The predicted molar refractivity (Wildman–Crippen MR) is 139 cm³/mol. The minimum absolute atomic E-state index is 0.0160. The molecule has 2 fully saturated rings. The number of nitrogens with zero attached hydrogens (tertiary/aromatic N) is 3. The molecule has 10 heteroatoms. The monoisotopic (exact) mass is 515 g/mol. The summed E-state index contributed by atoms with van der Waals surface area (Å²) in [7, 11) is 3.88. The van der Waals surface area contributed by atoms with Crippen molar-refractivity contribution in [1.29, 1.82) is 0 Å². The molecule has 0 bridgehead atoms. The Kier molecular flexibility index (Phi) is 8.11. The SMILES string of the molecule is CN(C)CC1CC(C(=O)Nc2ccc(N3CCCCC3=O)cc2F)N(C(=O)Nc2ccc(Cl)cc2)C1. The van der Waals surface area contributed by atoms with Crippen LogP contribution in [0.5, 0.6) is 0 Å². The molecule has 2 aromatic carbocycles. The number of likely N-dealkylation sites (tertiary alicyclic amines) is 1. The summed E-state index contributed by atoms with van der Waals surface area (Å²) in [5.74, 6) is -1.02. The second-order valence-electron chi connectivity index (χ2n) is 9.63. The highest BCUT2D eigenvalue weighted by Gasteiger charge is 2.40. The largest absolute Gasteiger partial charge is 0.322 e. The van der Waals surface area contributed by atoms with Crippen LogP contribution in [-0.2, 0) is 9.59 Å². The summed E-state index contributed by atoms with van der Waals surface area (Å²) in [6.45, 7) is 1.66. The molecule has 2 aliphatic rings. The van der Waals surface area contributed by atoms with E-state index in [4.69, 9.17) is 11.6 Å². The van der Waals surface area contributed by atoms with Crippen LogP contribution in [-0.4, -0.2) is 67.4 Å². The Balaban J connectivity index is 1.48. The van der Waals surface area contributed by atoms with Gasteiger partial charge in [-0.2, -0.15) is 0 Å². The van der Waals surface area contributed by atoms with Gasteiger partial charge in [-0.1, -0.05) is 11.6 Å². The second-order valence-corrected chi connectivity index (χ2v) is 10.1. The highest BCUT2D eigenvalue weighted by atomic mass is 35.5. The van der Waals surface area contributed by atoms with Gasteiger partial charge in [0, 0.05) is 42.5 Å². The van der Waals surface area contributed by atoms with Crippen LogP contribution < -0.4 is 15.5 Å². The molecule has 2 aliphatic heterocycles. The molecule has 2 aromatic rings. The van der Waals surface area contributed by atoms with Crippen molar-refractivity contribution in [2.45, 2.75) is 31.7 Å². The predicted octanol–water partition coefficient (Wildman–Crippen LogP) is 4.42. The molecule has 192 valence electrons. The third-order valence-corrected chi connectivity index (χ3v) is 6.77. The van der Waals surface area contributed by atoms with Crippen molar-refractivity contribution in [2.75, 3.05) is 49.3 Å². The highest BCUT2D eigenvalue weighted by molar-refractivity contribution is 6.30. The summed E-state index contributed by atoms with van der Waals surface area (Å²) in [6, 6.07) is 9.93. The highest BCUT2D eigenvalue weighted by Crippen LogP contribution is 2.29. The van der Waals surface area contributed by atoms with Crippen molar-refractivity contribution in [3.63, 3.8) is 0 Å². The molecule has 36 heavy (non-hydrogen) atoms. The van der Waals surface area contributed by atoms with E-state index in [9.17, 15) is 18.8 Å². The molecule has 2 saturated heterocycles. The number of piperidine rings is 1. The number of hydrogen-bond acceptors (Lipinski definition) is 4. The lowest BCUT2D eigenvalue weighted by Crippen LogP contribution is -2.45. The van der Waals surface area contributed by atoms with Gasteiger partial charge >= 0.3 is 6.03 Å². The van der Waals surface area contributed by atoms with Crippen molar-refractivity contribution in [3.8, 4) is 0 Å². The number of urea groups is 1. The first kappa shape index (κ1) is 25.9. The fraction of sp³-hybridized carbons (Fsp3) is 0.423. The maximum absolute atomic E-state index is 14.9. The van der Waals surface area contributed by atoms with Gasteiger partial charge in [-0.15, -0.1) is 0 Å². The van der Waals surface area contributed by atoms with Crippen LogP contribution in [0.25, 0.3) is 0 Å². The summed E-state index contributed by atoms with van der Waals surface area (Å²) in [5.41, 5.74) is 1.06. The summed E-state index contributed by atoms with van der Waals surface area (Å²) >= 11 is 5.93. The van der Waals surface area contributed by atoms with E-state index < -0.39 is 23.8 Å². The zero-order valence-corrected chi connectivity index (χ0v) is 21.2. The van der Waals surface area contributed by atoms with Gasteiger partial charge < -0.3 is 25.3 Å². The number of nitrogens with one attached hydrogen (secondary N) is 2. The Hall–Kier alpha value is -3.17. The lowest BCUT2D eigenvalue weighted by Gasteiger charge is -2.27. The van der Waals surface area contributed by atoms with Crippen molar-refractivity contribution >= 4 is 46.5 Å². The minimum atomic E-state index is -0.759. The van der Waals surface area contributed by atoms with E-state index in [1.54, 1.807) is 35.2 Å². The fourth-order valence-corrected chi connectivity index (χ4v) is 4.97. The fourth-order valence-electron chi connectivity index (χ4n) is 4.84. The molecular formula is C26H31ClFN5O3. The Labute approximate surface area is 215 Å². The average molecular weight is 516 g/mol. The number of amides is 4. The lowest BCUT2D eigenvalue weighted by molar-refractivity contribution is -0.120. The van der Waals surface area contributed by atoms with Crippen LogP contribution >= 0.6 is 11.6 Å². The molecule has 2 N–H and O–H groups in total. The van der Waals surface area contributed by atoms with E-state index in [-0.39, 0.29) is 17.5 Å². The van der Waals surface area contributed by atoms with Crippen LogP contribution in [0.4, 0.5) is 26.2 Å². The Morgan fingerprint density at radius 3 is 2.53 bits per heavy atom. The average Bonchev–Trinajstić information content (AvgIpc) is 3.25. The first-order chi connectivity index (χ1) is 17.2. The number of hydrogen-bond donors (Lipinski definition) is 2. The minimum Gasteiger partial charge on any atom is -0.322 e. The molecule has 0 aliphatic carbocycles. The second kappa shape index (κ2) is 11.3. The number of rotatable bonds is 6. The molecule has 2 unspecified atom stereocenters.